The van der Waals surface area contributed by atoms with Crippen molar-refractivity contribution in [3.05, 3.63) is 29.8 Å². The van der Waals surface area contributed by atoms with E-state index in [1.165, 1.54) is 0 Å². The molecule has 2 atom stereocenters. The lowest BCUT2D eigenvalue weighted by atomic mass is 10.2. The van der Waals surface area contributed by atoms with Gasteiger partial charge in [0.1, 0.15) is 0 Å². The monoisotopic (exact) mass is 285 g/mol. The zero-order chi connectivity index (χ0) is 14.1. The topological polar surface area (TPSA) is 64.7 Å². The van der Waals surface area contributed by atoms with Gasteiger partial charge in [-0.2, -0.15) is 0 Å². The molecule has 0 heterocycles. The van der Waals surface area contributed by atoms with Crippen LogP contribution in [-0.2, 0) is 16.0 Å². The van der Waals surface area contributed by atoms with Gasteiger partial charge >= 0.3 is 0 Å². The third-order valence-corrected chi connectivity index (χ3v) is 3.73. The molecule has 5 heteroatoms. The summed E-state index contributed by atoms with van der Waals surface area (Å²) in [5, 5.41) is 9.82. The fourth-order valence-corrected chi connectivity index (χ4v) is 2.33. The summed E-state index contributed by atoms with van der Waals surface area (Å²) in [5.74, 6) is 0.613. The fourth-order valence-electron chi connectivity index (χ4n) is 1.52. The molecule has 0 bridgehead atoms. The Kier molecular flexibility index (Phi) is 8.09. The summed E-state index contributed by atoms with van der Waals surface area (Å²) >= 11 is 1.61. The molecule has 0 aromatic heterocycles. The van der Waals surface area contributed by atoms with Crippen LogP contribution in [0.25, 0.3) is 0 Å². The highest BCUT2D eigenvalue weighted by molar-refractivity contribution is 7.99. The van der Waals surface area contributed by atoms with Gasteiger partial charge in [0.05, 0.1) is 25.4 Å². The average molecular weight is 285 g/mol. The summed E-state index contributed by atoms with van der Waals surface area (Å²) in [7, 11) is 1.64. The number of aliphatic hydroxyl groups excluding tert-OH is 1. The van der Waals surface area contributed by atoms with E-state index in [4.69, 9.17) is 15.2 Å². The Balaban J connectivity index is 2.23. The Labute approximate surface area is 119 Å². The number of ether oxygens (including phenoxy) is 2. The van der Waals surface area contributed by atoms with Gasteiger partial charge in [-0.15, -0.1) is 11.8 Å². The number of methoxy groups -OCH3 is 1. The van der Waals surface area contributed by atoms with E-state index in [9.17, 15) is 5.11 Å². The Morgan fingerprint density at radius 2 is 1.95 bits per heavy atom. The molecule has 0 saturated heterocycles. The molecule has 0 spiro atoms. The first-order valence-electron chi connectivity index (χ1n) is 6.36. The number of thioether (sulfide) groups is 1. The number of nitrogens with two attached hydrogens (primary N) is 1. The number of rotatable bonds is 9. The average Bonchev–Trinajstić information content (AvgIpc) is 2.44. The number of aliphatic hydroxyl groups is 1. The third kappa shape index (κ3) is 6.94. The van der Waals surface area contributed by atoms with Crippen LogP contribution in [0, 0.1) is 0 Å². The second-order valence-corrected chi connectivity index (χ2v) is 5.51. The van der Waals surface area contributed by atoms with Crippen molar-refractivity contribution in [2.45, 2.75) is 30.6 Å². The van der Waals surface area contributed by atoms with Crippen LogP contribution in [-0.4, -0.2) is 43.4 Å². The maximum Gasteiger partial charge on any atom is 0.0867 e. The van der Waals surface area contributed by atoms with E-state index in [1.807, 2.05) is 31.2 Å². The van der Waals surface area contributed by atoms with Crippen LogP contribution in [0.5, 0.6) is 0 Å². The molecule has 3 N–H and O–H groups in total. The quantitative estimate of drug-likeness (QED) is 0.675. The molecular weight excluding hydrogens is 262 g/mol. The molecule has 0 amide bonds. The van der Waals surface area contributed by atoms with Gasteiger partial charge in [-0.05, 0) is 24.6 Å². The molecule has 19 heavy (non-hydrogen) atoms. The Bertz CT molecular complexity index is 345. The van der Waals surface area contributed by atoms with Crippen molar-refractivity contribution in [3.63, 3.8) is 0 Å². The maximum atomic E-state index is 9.82. The maximum absolute atomic E-state index is 9.82. The summed E-state index contributed by atoms with van der Waals surface area (Å²) in [6.07, 6.45) is -0.466. The SMILES string of the molecule is COCC(C)OCC(O)CSc1ccc(CN)cc1. The molecule has 0 aliphatic carbocycles. The second kappa shape index (κ2) is 9.34. The second-order valence-electron chi connectivity index (χ2n) is 4.41. The van der Waals surface area contributed by atoms with Crippen LogP contribution < -0.4 is 5.73 Å². The largest absolute Gasteiger partial charge is 0.390 e. The number of hydrogen-bond donors (Lipinski definition) is 2. The molecule has 4 nitrogen and oxygen atoms in total. The Hall–Kier alpha value is -0.590. The summed E-state index contributed by atoms with van der Waals surface area (Å²) in [5.41, 5.74) is 6.65. The van der Waals surface area contributed by atoms with Gasteiger partial charge in [-0.3, -0.25) is 0 Å². The van der Waals surface area contributed by atoms with E-state index in [1.54, 1.807) is 18.9 Å². The highest BCUT2D eigenvalue weighted by Gasteiger charge is 2.08. The van der Waals surface area contributed by atoms with Crippen molar-refractivity contribution >= 4 is 11.8 Å². The Morgan fingerprint density at radius 3 is 2.53 bits per heavy atom. The van der Waals surface area contributed by atoms with Crippen LogP contribution in [0.3, 0.4) is 0 Å². The van der Waals surface area contributed by atoms with E-state index < -0.39 is 6.10 Å². The van der Waals surface area contributed by atoms with Crippen molar-refractivity contribution in [3.8, 4) is 0 Å². The van der Waals surface area contributed by atoms with Crippen LogP contribution in [0.4, 0.5) is 0 Å². The molecular formula is C14H23NO3S. The lowest BCUT2D eigenvalue weighted by Crippen LogP contribution is -2.24. The van der Waals surface area contributed by atoms with E-state index in [0.717, 1.165) is 10.5 Å². The van der Waals surface area contributed by atoms with Gasteiger partial charge in [-0.1, -0.05) is 12.1 Å². The van der Waals surface area contributed by atoms with Gasteiger partial charge in [-0.25, -0.2) is 0 Å². The van der Waals surface area contributed by atoms with Gasteiger partial charge in [0.15, 0.2) is 0 Å². The van der Waals surface area contributed by atoms with E-state index in [-0.39, 0.29) is 6.10 Å². The summed E-state index contributed by atoms with van der Waals surface area (Å²) in [6, 6.07) is 8.06. The zero-order valence-corrected chi connectivity index (χ0v) is 12.4. The predicted molar refractivity (Wildman–Crippen MR) is 78.4 cm³/mol. The molecule has 0 fully saturated rings. The van der Waals surface area contributed by atoms with Crippen molar-refractivity contribution in [1.82, 2.24) is 0 Å². The third-order valence-electron chi connectivity index (χ3n) is 2.58. The zero-order valence-electron chi connectivity index (χ0n) is 11.5. The summed E-state index contributed by atoms with van der Waals surface area (Å²) in [4.78, 5) is 1.13. The summed E-state index contributed by atoms with van der Waals surface area (Å²) < 4.78 is 10.4. The van der Waals surface area contributed by atoms with Crippen LogP contribution in [0.15, 0.2) is 29.2 Å². The van der Waals surface area contributed by atoms with Crippen molar-refractivity contribution in [2.75, 3.05) is 26.1 Å². The van der Waals surface area contributed by atoms with Crippen molar-refractivity contribution in [2.24, 2.45) is 5.73 Å². The van der Waals surface area contributed by atoms with Crippen LogP contribution in [0.1, 0.15) is 12.5 Å². The molecule has 1 aromatic rings. The van der Waals surface area contributed by atoms with E-state index >= 15 is 0 Å². The highest BCUT2D eigenvalue weighted by atomic mass is 32.2. The first-order chi connectivity index (χ1) is 9.15. The minimum atomic E-state index is -0.474. The molecule has 2 unspecified atom stereocenters. The minimum absolute atomic E-state index is 0.00786. The minimum Gasteiger partial charge on any atom is -0.390 e. The predicted octanol–water partition coefficient (Wildman–Crippen LogP) is 1.65. The van der Waals surface area contributed by atoms with Gasteiger partial charge in [0.2, 0.25) is 0 Å². The van der Waals surface area contributed by atoms with Crippen molar-refractivity contribution in [1.29, 1.82) is 0 Å². The Morgan fingerprint density at radius 1 is 1.26 bits per heavy atom. The molecule has 1 aromatic carbocycles. The van der Waals surface area contributed by atoms with Gasteiger partial charge in [0.25, 0.3) is 0 Å². The lowest BCUT2D eigenvalue weighted by Gasteiger charge is -2.15. The smallest absolute Gasteiger partial charge is 0.0867 e. The van der Waals surface area contributed by atoms with Crippen LogP contribution >= 0.6 is 11.8 Å². The molecule has 0 aliphatic heterocycles. The molecule has 1 rings (SSSR count). The highest BCUT2D eigenvalue weighted by Crippen LogP contribution is 2.19. The molecule has 108 valence electrons. The molecule has 0 radical (unpaired) electrons. The van der Waals surface area contributed by atoms with Crippen LogP contribution in [0.2, 0.25) is 0 Å². The summed E-state index contributed by atoms with van der Waals surface area (Å²) in [6.45, 7) is 3.35. The first kappa shape index (κ1) is 16.5. The standard InChI is InChI=1S/C14H23NO3S/c1-11(8-17-2)18-9-13(16)10-19-14-5-3-12(7-15)4-6-14/h3-6,11,13,16H,7-10,15H2,1-2H3. The van der Waals surface area contributed by atoms with E-state index in [0.29, 0.717) is 25.5 Å². The fraction of sp³-hybridized carbons (Fsp3) is 0.571. The number of hydrogen-bond acceptors (Lipinski definition) is 5. The molecule has 0 saturated carbocycles. The van der Waals surface area contributed by atoms with Gasteiger partial charge in [0, 0.05) is 24.3 Å². The lowest BCUT2D eigenvalue weighted by molar-refractivity contribution is -0.0257. The molecule has 0 aliphatic rings. The van der Waals surface area contributed by atoms with Crippen molar-refractivity contribution < 1.29 is 14.6 Å². The normalized spacial score (nSPS) is 14.3. The van der Waals surface area contributed by atoms with Gasteiger partial charge < -0.3 is 20.3 Å². The van der Waals surface area contributed by atoms with E-state index in [2.05, 4.69) is 0 Å². The first-order valence-corrected chi connectivity index (χ1v) is 7.34. The number of benzene rings is 1.